The largest absolute Gasteiger partial charge is 0.460 e. The first-order chi connectivity index (χ1) is 17.3. The second-order valence-electron chi connectivity index (χ2n) is 7.83. The van der Waals surface area contributed by atoms with Crippen molar-refractivity contribution < 1.29 is 92.2 Å². The quantitative estimate of drug-likeness (QED) is 0.279. The molecule has 0 fully saturated rings. The maximum atomic E-state index is 14.7. The number of fused-ring (bicyclic) bond motifs is 1. The number of hydrogen-bond donors (Lipinski definition) is 0. The Hall–Kier alpha value is -2.77. The van der Waals surface area contributed by atoms with Gasteiger partial charge < -0.3 is 0 Å². The Kier molecular flexibility index (Phi) is 7.41. The van der Waals surface area contributed by atoms with Crippen LogP contribution in [0.15, 0.2) is 30.3 Å². The second-order valence-corrected chi connectivity index (χ2v) is 7.83. The van der Waals surface area contributed by atoms with Crippen LogP contribution in [0.2, 0.25) is 0 Å². The van der Waals surface area contributed by atoms with E-state index in [9.17, 15) is 92.2 Å². The highest BCUT2D eigenvalue weighted by atomic mass is 19.4. The van der Waals surface area contributed by atoms with Gasteiger partial charge in [-0.05, 0) is 16.8 Å². The first kappa shape index (κ1) is 33.4. The van der Waals surface area contributed by atoms with E-state index in [0.29, 0.717) is 6.07 Å². The SMILES string of the molecule is FC(F)(F)C(F)(F)C(F)(F)c1cc2ccccc2c(C(F)(F)C(F)(F)C(F)(F)F)c1C(F)(F)C(F)(F)C(F)(F)F. The molecular weight excluding hydrogens is 627 g/mol. The van der Waals surface area contributed by atoms with Gasteiger partial charge >= 0.3 is 54.1 Å². The third-order valence-corrected chi connectivity index (χ3v) is 5.27. The lowest BCUT2D eigenvalue weighted by Gasteiger charge is -2.38. The van der Waals surface area contributed by atoms with Crippen LogP contribution < -0.4 is 0 Å². The van der Waals surface area contributed by atoms with Gasteiger partial charge in [-0.3, -0.25) is 0 Å². The van der Waals surface area contributed by atoms with Crippen LogP contribution in [-0.2, 0) is 17.8 Å². The fourth-order valence-electron chi connectivity index (χ4n) is 3.26. The number of hydrogen-bond acceptors (Lipinski definition) is 0. The molecule has 0 N–H and O–H groups in total. The molecule has 21 heteroatoms. The molecule has 2 aromatic rings. The number of rotatable bonds is 6. The van der Waals surface area contributed by atoms with E-state index in [4.69, 9.17) is 0 Å². The van der Waals surface area contributed by atoms with Crippen LogP contribution in [0, 0.1) is 0 Å². The normalized spacial score (nSPS) is 15.6. The molecule has 0 atom stereocenters. The smallest absolute Gasteiger partial charge is 0.194 e. The van der Waals surface area contributed by atoms with Crippen molar-refractivity contribution in [3.8, 4) is 0 Å². The summed E-state index contributed by atoms with van der Waals surface area (Å²) in [4.78, 5) is 0. The summed E-state index contributed by atoms with van der Waals surface area (Å²) >= 11 is 0. The van der Waals surface area contributed by atoms with Gasteiger partial charge in [-0.15, -0.1) is 0 Å². The molecule has 0 amide bonds. The molecule has 0 saturated heterocycles. The second kappa shape index (κ2) is 8.86. The Morgan fingerprint density at radius 2 is 0.700 bits per heavy atom. The van der Waals surface area contributed by atoms with Crippen LogP contribution in [-0.4, -0.2) is 36.3 Å². The fraction of sp³-hybridized carbons (Fsp3) is 0.474. The number of alkyl halides is 21. The zero-order valence-corrected chi connectivity index (χ0v) is 17.8. The van der Waals surface area contributed by atoms with Crippen molar-refractivity contribution in [3.05, 3.63) is 47.0 Å². The van der Waals surface area contributed by atoms with Crippen LogP contribution in [0.25, 0.3) is 10.8 Å². The summed E-state index contributed by atoms with van der Waals surface area (Å²) in [6.07, 6.45) is -23.0. The summed E-state index contributed by atoms with van der Waals surface area (Å²) < 4.78 is 285. The molecule has 0 aliphatic heterocycles. The van der Waals surface area contributed by atoms with Crippen molar-refractivity contribution in [2.24, 2.45) is 0 Å². The molecule has 0 radical (unpaired) electrons. The van der Waals surface area contributed by atoms with Gasteiger partial charge in [-0.25, -0.2) is 0 Å². The summed E-state index contributed by atoms with van der Waals surface area (Å²) in [5, 5.41) is -4.20. The van der Waals surface area contributed by atoms with E-state index >= 15 is 0 Å². The minimum Gasteiger partial charge on any atom is -0.194 e. The van der Waals surface area contributed by atoms with Crippen LogP contribution in [0.4, 0.5) is 92.2 Å². The number of benzene rings is 2. The monoisotopic (exact) mass is 632 g/mol. The highest BCUT2D eigenvalue weighted by Crippen LogP contribution is 2.63. The summed E-state index contributed by atoms with van der Waals surface area (Å²) in [6, 6.07) is -0.871. The average Bonchev–Trinajstić information content (AvgIpc) is 2.74. The van der Waals surface area contributed by atoms with Gasteiger partial charge in [0.2, 0.25) is 0 Å². The summed E-state index contributed by atoms with van der Waals surface area (Å²) in [7, 11) is 0. The van der Waals surface area contributed by atoms with Gasteiger partial charge in [0.05, 0.1) is 0 Å². The van der Waals surface area contributed by atoms with E-state index in [0.717, 1.165) is 0 Å². The first-order valence-corrected chi connectivity index (χ1v) is 9.37. The van der Waals surface area contributed by atoms with Crippen LogP contribution in [0.5, 0.6) is 0 Å². The standard InChI is InChI=1S/C19H5F21/c20-11(21,14(26,27)17(32,33)34)8-5-6-3-1-2-4-7(6)9(12(22,23)15(28,29)18(35,36)37)10(8)13(24,25)16(30,31)19(38,39)40/h1-5H. The summed E-state index contributed by atoms with van der Waals surface area (Å²) in [5.41, 5.74) is -13.0. The summed E-state index contributed by atoms with van der Waals surface area (Å²) in [5.74, 6) is -46.7. The third-order valence-electron chi connectivity index (χ3n) is 5.27. The Labute approximate surface area is 205 Å². The van der Waals surface area contributed by atoms with E-state index in [1.807, 2.05) is 0 Å². The van der Waals surface area contributed by atoms with Gasteiger partial charge in [0.25, 0.3) is 0 Å². The molecule has 0 saturated carbocycles. The molecule has 40 heavy (non-hydrogen) atoms. The van der Waals surface area contributed by atoms with E-state index in [2.05, 4.69) is 0 Å². The molecule has 0 aromatic heterocycles. The molecule has 2 aromatic carbocycles. The Balaban J connectivity index is 3.44. The lowest BCUT2D eigenvalue weighted by atomic mass is 9.80. The van der Waals surface area contributed by atoms with Crippen LogP contribution >= 0.6 is 0 Å². The Bertz CT molecular complexity index is 1260. The lowest BCUT2D eigenvalue weighted by Crippen LogP contribution is -2.56. The maximum Gasteiger partial charge on any atom is 0.460 e. The minimum atomic E-state index is -8.03. The zero-order chi connectivity index (χ0) is 31.9. The van der Waals surface area contributed by atoms with Crippen molar-refractivity contribution in [1.29, 1.82) is 0 Å². The van der Waals surface area contributed by atoms with Crippen molar-refractivity contribution in [2.45, 2.75) is 54.1 Å². The molecule has 0 unspecified atom stereocenters. The lowest BCUT2D eigenvalue weighted by molar-refractivity contribution is -0.371. The molecule has 0 spiro atoms. The Morgan fingerprint density at radius 1 is 0.375 bits per heavy atom. The van der Waals surface area contributed by atoms with Crippen molar-refractivity contribution in [3.63, 3.8) is 0 Å². The van der Waals surface area contributed by atoms with Gasteiger partial charge in [-0.1, -0.05) is 24.3 Å². The molecule has 228 valence electrons. The molecular formula is C19H5F21. The highest BCUT2D eigenvalue weighted by Gasteiger charge is 2.81. The fourth-order valence-corrected chi connectivity index (χ4v) is 3.26. The highest BCUT2D eigenvalue weighted by molar-refractivity contribution is 5.89. The molecule has 0 aliphatic carbocycles. The van der Waals surface area contributed by atoms with E-state index in [1.165, 1.54) is 0 Å². The average molecular weight is 632 g/mol. The van der Waals surface area contributed by atoms with Gasteiger partial charge in [0.15, 0.2) is 0 Å². The minimum absolute atomic E-state index is 0.0181. The van der Waals surface area contributed by atoms with Crippen LogP contribution in [0.1, 0.15) is 16.7 Å². The van der Waals surface area contributed by atoms with E-state index < -0.39 is 87.6 Å². The van der Waals surface area contributed by atoms with Crippen LogP contribution in [0.3, 0.4) is 0 Å². The third kappa shape index (κ3) is 4.46. The topological polar surface area (TPSA) is 0 Å². The molecule has 0 bridgehead atoms. The molecule has 0 heterocycles. The van der Waals surface area contributed by atoms with Gasteiger partial charge in [0, 0.05) is 16.7 Å². The van der Waals surface area contributed by atoms with Crippen molar-refractivity contribution in [1.82, 2.24) is 0 Å². The first-order valence-electron chi connectivity index (χ1n) is 9.37. The zero-order valence-electron chi connectivity index (χ0n) is 17.8. The predicted molar refractivity (Wildman–Crippen MR) is 88.6 cm³/mol. The molecule has 0 nitrogen and oxygen atoms in total. The van der Waals surface area contributed by atoms with Crippen molar-refractivity contribution in [2.75, 3.05) is 0 Å². The Morgan fingerprint density at radius 3 is 1.07 bits per heavy atom. The molecule has 0 aliphatic rings. The van der Waals surface area contributed by atoms with Gasteiger partial charge in [-0.2, -0.15) is 92.2 Å². The predicted octanol–water partition coefficient (Wildman–Crippen LogP) is 9.71. The van der Waals surface area contributed by atoms with E-state index in [-0.39, 0.29) is 18.2 Å². The van der Waals surface area contributed by atoms with Crippen molar-refractivity contribution >= 4 is 10.8 Å². The maximum absolute atomic E-state index is 14.7. The summed E-state index contributed by atoms with van der Waals surface area (Å²) in [6.45, 7) is 0. The van der Waals surface area contributed by atoms with E-state index in [1.54, 1.807) is 0 Å². The van der Waals surface area contributed by atoms with Gasteiger partial charge in [0.1, 0.15) is 0 Å². The number of halogens is 21. The molecule has 2 rings (SSSR count).